The standard InChI is InChI=1S/C28H38O4/c1-4-5-6-7-8-9-10-11-12-13-14-15-16-17-18-19-23-20-24(29)25-27(31)21(2)26(30)22(3)28(25)32-23/h5-6,8-9,11-12,20,30-31H,4,7,10,13-19H2,1-3H3/b6-5+,9-8-,12-11-. The van der Waals surface area contributed by atoms with E-state index in [1.54, 1.807) is 13.8 Å². The maximum Gasteiger partial charge on any atom is 0.196 e. The second-order valence-corrected chi connectivity index (χ2v) is 8.33. The summed E-state index contributed by atoms with van der Waals surface area (Å²) in [6.07, 6.45) is 23.8. The fourth-order valence-electron chi connectivity index (χ4n) is 3.76. The lowest BCUT2D eigenvalue weighted by atomic mass is 10.0. The molecule has 0 spiro atoms. The molecule has 0 aliphatic carbocycles. The predicted octanol–water partition coefficient (Wildman–Crippen LogP) is 7.56. The van der Waals surface area contributed by atoms with Crippen molar-refractivity contribution >= 4 is 11.0 Å². The minimum absolute atomic E-state index is 0.0236. The number of aromatic hydroxyl groups is 2. The number of benzene rings is 1. The van der Waals surface area contributed by atoms with Crippen LogP contribution >= 0.6 is 0 Å². The van der Waals surface area contributed by atoms with Gasteiger partial charge >= 0.3 is 0 Å². The van der Waals surface area contributed by atoms with Crippen LogP contribution in [0.3, 0.4) is 0 Å². The molecule has 0 fully saturated rings. The second-order valence-electron chi connectivity index (χ2n) is 8.33. The normalized spacial score (nSPS) is 12.2. The monoisotopic (exact) mass is 438 g/mol. The number of hydrogen-bond acceptors (Lipinski definition) is 4. The van der Waals surface area contributed by atoms with E-state index in [9.17, 15) is 15.0 Å². The number of unbranched alkanes of at least 4 members (excludes halogenated alkanes) is 5. The number of aryl methyl sites for hydroxylation is 2. The Labute approximate surface area is 192 Å². The Kier molecular flexibility index (Phi) is 10.9. The van der Waals surface area contributed by atoms with E-state index in [-0.39, 0.29) is 27.9 Å². The molecule has 0 atom stereocenters. The van der Waals surface area contributed by atoms with Crippen molar-refractivity contribution in [3.05, 3.63) is 69.6 Å². The molecular formula is C28H38O4. The van der Waals surface area contributed by atoms with Gasteiger partial charge in [0.2, 0.25) is 0 Å². The van der Waals surface area contributed by atoms with Crippen LogP contribution in [-0.4, -0.2) is 10.2 Å². The molecule has 2 rings (SSSR count). The summed E-state index contributed by atoms with van der Waals surface area (Å²) in [5.41, 5.74) is 0.823. The molecule has 4 heteroatoms. The van der Waals surface area contributed by atoms with E-state index in [0.29, 0.717) is 23.3 Å². The third-order valence-corrected chi connectivity index (χ3v) is 5.72. The first-order chi connectivity index (χ1) is 15.5. The summed E-state index contributed by atoms with van der Waals surface area (Å²) in [4.78, 5) is 12.5. The van der Waals surface area contributed by atoms with E-state index in [4.69, 9.17) is 4.42 Å². The fraction of sp³-hybridized carbons (Fsp3) is 0.464. The predicted molar refractivity (Wildman–Crippen MR) is 134 cm³/mol. The lowest BCUT2D eigenvalue weighted by Crippen LogP contribution is -2.04. The number of phenolic OH excluding ortho intramolecular Hbond substituents is 2. The van der Waals surface area contributed by atoms with Gasteiger partial charge in [0.25, 0.3) is 0 Å². The van der Waals surface area contributed by atoms with Crippen molar-refractivity contribution in [1.82, 2.24) is 0 Å². The second kappa shape index (κ2) is 13.6. The molecule has 4 nitrogen and oxygen atoms in total. The molecule has 0 unspecified atom stereocenters. The van der Waals surface area contributed by atoms with Gasteiger partial charge in [-0.1, -0.05) is 62.6 Å². The highest BCUT2D eigenvalue weighted by Crippen LogP contribution is 2.37. The van der Waals surface area contributed by atoms with Gasteiger partial charge in [-0.2, -0.15) is 0 Å². The molecular weight excluding hydrogens is 400 g/mol. The summed E-state index contributed by atoms with van der Waals surface area (Å²) < 4.78 is 5.87. The molecule has 1 aromatic carbocycles. The van der Waals surface area contributed by atoms with Gasteiger partial charge in [0.05, 0.1) is 0 Å². The Hall–Kier alpha value is -2.75. The van der Waals surface area contributed by atoms with Crippen LogP contribution < -0.4 is 5.43 Å². The SMILES string of the molecule is CC/C=C/C/C=C\C/C=C\CCCCCCCc1cc(=O)c2c(O)c(C)c(O)c(C)c2o1. The van der Waals surface area contributed by atoms with Gasteiger partial charge in [-0.05, 0) is 52.4 Å². The Balaban J connectivity index is 1.69. The van der Waals surface area contributed by atoms with Gasteiger partial charge in [-0.25, -0.2) is 0 Å². The first-order valence-electron chi connectivity index (χ1n) is 11.9. The summed E-state index contributed by atoms with van der Waals surface area (Å²) in [6.45, 7) is 5.44. The van der Waals surface area contributed by atoms with E-state index in [2.05, 4.69) is 43.4 Å². The van der Waals surface area contributed by atoms with Gasteiger partial charge in [0, 0.05) is 23.6 Å². The van der Waals surface area contributed by atoms with Crippen molar-refractivity contribution in [3.63, 3.8) is 0 Å². The molecule has 0 aliphatic heterocycles. The minimum atomic E-state index is -0.260. The first-order valence-corrected chi connectivity index (χ1v) is 11.9. The number of hydrogen-bond donors (Lipinski definition) is 2. The smallest absolute Gasteiger partial charge is 0.196 e. The van der Waals surface area contributed by atoms with Crippen LogP contribution in [0, 0.1) is 13.8 Å². The third-order valence-electron chi connectivity index (χ3n) is 5.72. The van der Waals surface area contributed by atoms with E-state index in [1.807, 2.05) is 0 Å². The first kappa shape index (κ1) is 25.5. The number of fused-ring (bicyclic) bond motifs is 1. The van der Waals surface area contributed by atoms with E-state index in [0.717, 1.165) is 44.9 Å². The molecule has 2 aromatic rings. The van der Waals surface area contributed by atoms with Crippen molar-refractivity contribution in [3.8, 4) is 11.5 Å². The van der Waals surface area contributed by atoms with Gasteiger partial charge in [-0.15, -0.1) is 0 Å². The zero-order valence-corrected chi connectivity index (χ0v) is 19.8. The lowest BCUT2D eigenvalue weighted by molar-refractivity contribution is 0.439. The Morgan fingerprint density at radius 3 is 2.16 bits per heavy atom. The Morgan fingerprint density at radius 1 is 0.812 bits per heavy atom. The fourth-order valence-corrected chi connectivity index (χ4v) is 3.76. The largest absolute Gasteiger partial charge is 0.507 e. The van der Waals surface area contributed by atoms with E-state index < -0.39 is 0 Å². The highest BCUT2D eigenvalue weighted by Gasteiger charge is 2.18. The van der Waals surface area contributed by atoms with Crippen molar-refractivity contribution in [1.29, 1.82) is 0 Å². The highest BCUT2D eigenvalue weighted by molar-refractivity contribution is 5.89. The summed E-state index contributed by atoms with van der Waals surface area (Å²) in [5.74, 6) is 0.386. The third kappa shape index (κ3) is 7.44. The van der Waals surface area contributed by atoms with Crippen LogP contribution in [0.1, 0.15) is 81.6 Å². The van der Waals surface area contributed by atoms with Crippen LogP contribution in [0.2, 0.25) is 0 Å². The van der Waals surface area contributed by atoms with Crippen LogP contribution in [0.5, 0.6) is 11.5 Å². The topological polar surface area (TPSA) is 70.7 Å². The van der Waals surface area contributed by atoms with Crippen LogP contribution in [0.15, 0.2) is 51.7 Å². The molecule has 174 valence electrons. The molecule has 32 heavy (non-hydrogen) atoms. The maximum atomic E-state index is 12.5. The average molecular weight is 439 g/mol. The molecule has 0 bridgehead atoms. The summed E-state index contributed by atoms with van der Waals surface area (Å²) in [5, 5.41) is 20.5. The van der Waals surface area contributed by atoms with Crippen LogP contribution in [-0.2, 0) is 6.42 Å². The van der Waals surface area contributed by atoms with Gasteiger partial charge in [0.1, 0.15) is 28.2 Å². The summed E-state index contributed by atoms with van der Waals surface area (Å²) >= 11 is 0. The lowest BCUT2D eigenvalue weighted by Gasteiger charge is -2.11. The number of phenols is 2. The molecule has 0 radical (unpaired) electrons. The van der Waals surface area contributed by atoms with Gasteiger partial charge < -0.3 is 14.6 Å². The molecule has 0 saturated heterocycles. The highest BCUT2D eigenvalue weighted by atomic mass is 16.3. The van der Waals surface area contributed by atoms with Crippen LogP contribution in [0.4, 0.5) is 0 Å². The molecule has 1 aromatic heterocycles. The molecule has 1 heterocycles. The van der Waals surface area contributed by atoms with Crippen LogP contribution in [0.25, 0.3) is 11.0 Å². The van der Waals surface area contributed by atoms with Crippen molar-refractivity contribution < 1.29 is 14.6 Å². The number of rotatable bonds is 13. The summed E-state index contributed by atoms with van der Waals surface area (Å²) in [6, 6.07) is 1.47. The summed E-state index contributed by atoms with van der Waals surface area (Å²) in [7, 11) is 0. The van der Waals surface area contributed by atoms with E-state index >= 15 is 0 Å². The molecule has 0 aliphatic rings. The average Bonchev–Trinajstić information content (AvgIpc) is 2.78. The van der Waals surface area contributed by atoms with Crippen molar-refractivity contribution in [2.24, 2.45) is 0 Å². The van der Waals surface area contributed by atoms with E-state index in [1.165, 1.54) is 18.9 Å². The van der Waals surface area contributed by atoms with Crippen molar-refractivity contribution in [2.45, 2.75) is 85.0 Å². The Bertz CT molecular complexity index is 1010. The zero-order valence-electron chi connectivity index (χ0n) is 19.8. The number of allylic oxidation sites excluding steroid dienone is 6. The Morgan fingerprint density at radius 2 is 1.44 bits per heavy atom. The molecule has 0 saturated carbocycles. The quantitative estimate of drug-likeness (QED) is 0.250. The van der Waals surface area contributed by atoms with Gasteiger partial charge in [0.15, 0.2) is 5.43 Å². The minimum Gasteiger partial charge on any atom is -0.507 e. The zero-order chi connectivity index (χ0) is 23.3. The van der Waals surface area contributed by atoms with Crippen molar-refractivity contribution in [2.75, 3.05) is 0 Å². The molecule has 0 amide bonds. The van der Waals surface area contributed by atoms with Gasteiger partial charge in [-0.3, -0.25) is 4.79 Å². The molecule has 2 N–H and O–H groups in total. The maximum absolute atomic E-state index is 12.5.